The van der Waals surface area contributed by atoms with Gasteiger partial charge in [0, 0.05) is 18.0 Å². The zero-order chi connectivity index (χ0) is 20.2. The lowest BCUT2D eigenvalue weighted by molar-refractivity contribution is 0.271. The number of rotatable bonds is 7. The molecule has 1 unspecified atom stereocenters. The van der Waals surface area contributed by atoms with E-state index in [1.54, 1.807) is 10.9 Å². The molecule has 148 valence electrons. The molecule has 3 aromatic heterocycles. The van der Waals surface area contributed by atoms with Gasteiger partial charge >= 0.3 is 0 Å². The molecule has 0 N–H and O–H groups in total. The third-order valence-corrected chi connectivity index (χ3v) is 4.94. The molecule has 1 atom stereocenters. The molecule has 29 heavy (non-hydrogen) atoms. The monoisotopic (exact) mass is 389 g/mol. The van der Waals surface area contributed by atoms with Crippen molar-refractivity contribution in [3.63, 3.8) is 0 Å². The van der Waals surface area contributed by atoms with Crippen LogP contribution in [0.4, 0.5) is 0 Å². The Balaban J connectivity index is 1.80. The maximum atomic E-state index is 6.10. The Morgan fingerprint density at radius 2 is 1.93 bits per heavy atom. The summed E-state index contributed by atoms with van der Waals surface area (Å²) in [5.74, 6) is 1.45. The molecule has 0 spiro atoms. The van der Waals surface area contributed by atoms with E-state index in [2.05, 4.69) is 34.1 Å². The fourth-order valence-electron chi connectivity index (χ4n) is 3.11. The second kappa shape index (κ2) is 8.30. The van der Waals surface area contributed by atoms with Crippen LogP contribution in [-0.2, 0) is 13.2 Å². The van der Waals surface area contributed by atoms with Gasteiger partial charge in [-0.1, -0.05) is 44.2 Å². The van der Waals surface area contributed by atoms with Crippen molar-refractivity contribution in [1.29, 1.82) is 0 Å². The Labute approximate surface area is 169 Å². The number of aryl methyl sites for hydroxylation is 1. The Morgan fingerprint density at radius 3 is 2.69 bits per heavy atom. The normalized spacial score (nSPS) is 12.2. The molecule has 0 saturated carbocycles. The smallest absolute Gasteiger partial charge is 0.237 e. The standard InChI is InChI=1S/C21H23N7O/c1-4-14(3)18-21(29-12-17-22-13-24-28(17)5-2)26-20-16(25-18)11-23-27-19(20)15-9-7-6-8-10-15/h6-11,13-14H,4-5,12H2,1-3H3. The summed E-state index contributed by atoms with van der Waals surface area (Å²) in [4.78, 5) is 14.0. The van der Waals surface area contributed by atoms with Gasteiger partial charge in [-0.2, -0.15) is 10.2 Å². The van der Waals surface area contributed by atoms with E-state index >= 15 is 0 Å². The average molecular weight is 389 g/mol. The first-order chi connectivity index (χ1) is 14.2. The van der Waals surface area contributed by atoms with Crippen LogP contribution in [-0.4, -0.2) is 34.9 Å². The highest BCUT2D eigenvalue weighted by molar-refractivity contribution is 5.88. The summed E-state index contributed by atoms with van der Waals surface area (Å²) >= 11 is 0. The van der Waals surface area contributed by atoms with Gasteiger partial charge in [-0.3, -0.25) is 0 Å². The zero-order valence-corrected chi connectivity index (χ0v) is 16.8. The van der Waals surface area contributed by atoms with E-state index < -0.39 is 0 Å². The summed E-state index contributed by atoms with van der Waals surface area (Å²) in [5, 5.41) is 12.7. The van der Waals surface area contributed by atoms with E-state index in [0.29, 0.717) is 22.6 Å². The van der Waals surface area contributed by atoms with Crippen LogP contribution in [0.15, 0.2) is 42.9 Å². The lowest BCUT2D eigenvalue weighted by Crippen LogP contribution is -2.11. The molecule has 0 saturated heterocycles. The number of nitrogens with zero attached hydrogens (tertiary/aromatic N) is 7. The molecule has 0 aliphatic rings. The van der Waals surface area contributed by atoms with Crippen molar-refractivity contribution in [2.24, 2.45) is 0 Å². The van der Waals surface area contributed by atoms with Gasteiger partial charge in [0.2, 0.25) is 5.88 Å². The highest BCUT2D eigenvalue weighted by Gasteiger charge is 2.19. The van der Waals surface area contributed by atoms with Crippen LogP contribution in [0.5, 0.6) is 5.88 Å². The largest absolute Gasteiger partial charge is 0.468 e. The van der Waals surface area contributed by atoms with E-state index in [1.165, 1.54) is 6.33 Å². The van der Waals surface area contributed by atoms with Gasteiger partial charge < -0.3 is 4.74 Å². The predicted octanol–water partition coefficient (Wildman–Crippen LogP) is 3.79. The number of hydrogen-bond donors (Lipinski definition) is 0. The van der Waals surface area contributed by atoms with Gasteiger partial charge in [0.1, 0.15) is 35.4 Å². The molecule has 4 aromatic rings. The Bertz CT molecular complexity index is 1110. The second-order valence-corrected chi connectivity index (χ2v) is 6.80. The van der Waals surface area contributed by atoms with Gasteiger partial charge in [0.05, 0.1) is 6.20 Å². The molecule has 3 heterocycles. The molecule has 1 aromatic carbocycles. The highest BCUT2D eigenvalue weighted by atomic mass is 16.5. The summed E-state index contributed by atoms with van der Waals surface area (Å²) in [6.45, 7) is 7.26. The molecule has 0 aliphatic carbocycles. The Morgan fingerprint density at radius 1 is 1.10 bits per heavy atom. The zero-order valence-electron chi connectivity index (χ0n) is 16.8. The number of aromatic nitrogens is 7. The molecule has 8 nitrogen and oxygen atoms in total. The van der Waals surface area contributed by atoms with Crippen molar-refractivity contribution in [2.75, 3.05) is 0 Å². The fourth-order valence-corrected chi connectivity index (χ4v) is 3.11. The van der Waals surface area contributed by atoms with E-state index in [4.69, 9.17) is 14.7 Å². The van der Waals surface area contributed by atoms with Gasteiger partial charge in [-0.15, -0.1) is 5.10 Å². The second-order valence-electron chi connectivity index (χ2n) is 6.80. The lowest BCUT2D eigenvalue weighted by atomic mass is 10.0. The molecule has 0 aliphatic heterocycles. The molecular weight excluding hydrogens is 366 g/mol. The maximum Gasteiger partial charge on any atom is 0.237 e. The molecule has 0 fully saturated rings. The summed E-state index contributed by atoms with van der Waals surface area (Å²) in [6.07, 6.45) is 4.11. The first-order valence-electron chi connectivity index (χ1n) is 9.79. The minimum absolute atomic E-state index is 0.194. The summed E-state index contributed by atoms with van der Waals surface area (Å²) in [5.41, 5.74) is 3.82. The van der Waals surface area contributed by atoms with E-state index in [9.17, 15) is 0 Å². The third-order valence-electron chi connectivity index (χ3n) is 4.94. The molecule has 0 amide bonds. The Hall–Kier alpha value is -3.42. The molecule has 0 bridgehead atoms. The average Bonchev–Trinajstić information content (AvgIpc) is 3.24. The summed E-state index contributed by atoms with van der Waals surface area (Å²) in [7, 11) is 0. The molecular formula is C21H23N7O. The van der Waals surface area contributed by atoms with Crippen molar-refractivity contribution < 1.29 is 4.74 Å². The van der Waals surface area contributed by atoms with Crippen molar-refractivity contribution in [3.05, 3.63) is 54.4 Å². The molecule has 8 heteroatoms. The number of benzene rings is 1. The minimum atomic E-state index is 0.194. The summed E-state index contributed by atoms with van der Waals surface area (Å²) in [6, 6.07) is 9.86. The molecule has 0 radical (unpaired) electrons. The van der Waals surface area contributed by atoms with Crippen LogP contribution >= 0.6 is 0 Å². The predicted molar refractivity (Wildman–Crippen MR) is 109 cm³/mol. The van der Waals surface area contributed by atoms with Crippen LogP contribution < -0.4 is 4.74 Å². The van der Waals surface area contributed by atoms with E-state index in [-0.39, 0.29) is 12.5 Å². The lowest BCUT2D eigenvalue weighted by Gasteiger charge is -2.15. The van der Waals surface area contributed by atoms with Crippen molar-refractivity contribution in [1.82, 2.24) is 34.9 Å². The van der Waals surface area contributed by atoms with Gasteiger partial charge in [0.15, 0.2) is 5.82 Å². The van der Waals surface area contributed by atoms with E-state index in [1.807, 2.05) is 37.3 Å². The van der Waals surface area contributed by atoms with Gasteiger partial charge in [-0.25, -0.2) is 19.6 Å². The first-order valence-corrected chi connectivity index (χ1v) is 9.79. The van der Waals surface area contributed by atoms with Crippen LogP contribution in [0.3, 0.4) is 0 Å². The maximum absolute atomic E-state index is 6.10. The van der Waals surface area contributed by atoms with Crippen LogP contribution in [0.2, 0.25) is 0 Å². The van der Waals surface area contributed by atoms with Crippen molar-refractivity contribution in [3.8, 4) is 17.1 Å². The number of hydrogen-bond acceptors (Lipinski definition) is 7. The third kappa shape index (κ3) is 3.78. The Kier molecular flexibility index (Phi) is 5.41. The quantitative estimate of drug-likeness (QED) is 0.475. The highest BCUT2D eigenvalue weighted by Crippen LogP contribution is 2.31. The minimum Gasteiger partial charge on any atom is -0.468 e. The topological polar surface area (TPSA) is 91.5 Å². The number of fused-ring (bicyclic) bond motifs is 1. The van der Waals surface area contributed by atoms with Crippen molar-refractivity contribution >= 4 is 11.0 Å². The van der Waals surface area contributed by atoms with Gasteiger partial charge in [-0.05, 0) is 13.3 Å². The van der Waals surface area contributed by atoms with Crippen molar-refractivity contribution in [2.45, 2.75) is 46.3 Å². The van der Waals surface area contributed by atoms with Gasteiger partial charge in [0.25, 0.3) is 0 Å². The van der Waals surface area contributed by atoms with Crippen LogP contribution in [0.25, 0.3) is 22.3 Å². The fraction of sp³-hybridized carbons (Fsp3) is 0.333. The first kappa shape index (κ1) is 18.9. The van der Waals surface area contributed by atoms with E-state index in [0.717, 1.165) is 30.0 Å². The molecule has 4 rings (SSSR count). The van der Waals surface area contributed by atoms with Crippen LogP contribution in [0.1, 0.15) is 44.6 Å². The SMILES string of the molecule is CCC(C)c1nc2cnnc(-c3ccccc3)c2nc1OCc1ncnn1CC. The number of ether oxygens (including phenoxy) is 1. The summed E-state index contributed by atoms with van der Waals surface area (Å²) < 4.78 is 7.90. The van der Waals surface area contributed by atoms with Crippen LogP contribution in [0, 0.1) is 0 Å².